The summed E-state index contributed by atoms with van der Waals surface area (Å²) in [6.07, 6.45) is 4.62. The molecular formula is C22H25N7O2. The smallest absolute Gasteiger partial charge is 0.278 e. The third-order valence-electron chi connectivity index (χ3n) is 4.39. The minimum atomic E-state index is -0.481. The molecule has 0 fully saturated rings. The molecule has 0 aliphatic heterocycles. The first-order valence-electron chi connectivity index (χ1n) is 9.73. The molecule has 1 atom stereocenters. The summed E-state index contributed by atoms with van der Waals surface area (Å²) in [5.41, 5.74) is 8.12. The van der Waals surface area contributed by atoms with Crippen LogP contribution in [0.2, 0.25) is 0 Å². The zero-order chi connectivity index (χ0) is 22.4. The molecule has 3 rings (SSSR count). The Morgan fingerprint density at radius 2 is 1.84 bits per heavy atom. The van der Waals surface area contributed by atoms with Crippen molar-refractivity contribution in [3.05, 3.63) is 66.2 Å². The van der Waals surface area contributed by atoms with Crippen molar-refractivity contribution in [1.29, 1.82) is 0 Å². The van der Waals surface area contributed by atoms with Crippen LogP contribution in [0.1, 0.15) is 27.8 Å². The number of anilines is 2. The third kappa shape index (κ3) is 5.83. The number of carbonyl (C=O) groups is 2. The summed E-state index contributed by atoms with van der Waals surface area (Å²) >= 11 is 0. The second-order valence-electron chi connectivity index (χ2n) is 7.40. The molecule has 31 heavy (non-hydrogen) atoms. The number of nitrogens with two attached hydrogens (primary N) is 1. The number of nitrogens with zero attached hydrogens (tertiary/aromatic N) is 4. The highest BCUT2D eigenvalue weighted by Crippen LogP contribution is 2.20. The van der Waals surface area contributed by atoms with Crippen LogP contribution in [0.25, 0.3) is 11.3 Å². The second kappa shape index (κ2) is 9.77. The van der Waals surface area contributed by atoms with Crippen molar-refractivity contribution in [3.63, 3.8) is 0 Å². The molecule has 9 heteroatoms. The molecule has 0 saturated heterocycles. The van der Waals surface area contributed by atoms with E-state index in [1.807, 2.05) is 25.9 Å². The van der Waals surface area contributed by atoms with Crippen molar-refractivity contribution in [2.45, 2.75) is 13.0 Å². The van der Waals surface area contributed by atoms with Crippen LogP contribution in [0.15, 0.2) is 55.0 Å². The number of nitrogens with one attached hydrogen (secondary N) is 2. The average Bonchev–Trinajstić information content (AvgIpc) is 2.74. The lowest BCUT2D eigenvalue weighted by molar-refractivity contribution is 0.0933. The Morgan fingerprint density at radius 1 is 1.10 bits per heavy atom. The van der Waals surface area contributed by atoms with Crippen LogP contribution in [0.3, 0.4) is 0 Å². The Hall–Kier alpha value is -3.85. The van der Waals surface area contributed by atoms with E-state index in [0.717, 1.165) is 6.54 Å². The number of rotatable bonds is 7. The summed E-state index contributed by atoms with van der Waals surface area (Å²) in [5.74, 6) is -0.609. The fraction of sp³-hybridized carbons (Fsp3) is 0.227. The molecule has 9 nitrogen and oxygen atoms in total. The van der Waals surface area contributed by atoms with Crippen LogP contribution in [0.5, 0.6) is 0 Å². The fourth-order valence-corrected chi connectivity index (χ4v) is 3.02. The molecule has 160 valence electrons. The van der Waals surface area contributed by atoms with Crippen molar-refractivity contribution in [1.82, 2.24) is 25.2 Å². The fourth-order valence-electron chi connectivity index (χ4n) is 3.02. The zero-order valence-corrected chi connectivity index (χ0v) is 17.7. The summed E-state index contributed by atoms with van der Waals surface area (Å²) in [5, 5.41) is 5.65. The lowest BCUT2D eigenvalue weighted by Crippen LogP contribution is -2.39. The van der Waals surface area contributed by atoms with Crippen LogP contribution in [-0.4, -0.2) is 58.3 Å². The van der Waals surface area contributed by atoms with Gasteiger partial charge in [-0.2, -0.15) is 0 Å². The summed E-state index contributed by atoms with van der Waals surface area (Å²) in [6, 6.07) is 10.4. The molecule has 1 aromatic carbocycles. The topological polar surface area (TPSA) is 126 Å². The van der Waals surface area contributed by atoms with Gasteiger partial charge in [0, 0.05) is 29.9 Å². The second-order valence-corrected chi connectivity index (χ2v) is 7.40. The molecule has 0 aliphatic rings. The highest BCUT2D eigenvalue weighted by Gasteiger charge is 2.16. The maximum absolute atomic E-state index is 12.6. The van der Waals surface area contributed by atoms with Crippen molar-refractivity contribution in [2.24, 2.45) is 0 Å². The van der Waals surface area contributed by atoms with Gasteiger partial charge in [-0.3, -0.25) is 14.6 Å². The predicted molar refractivity (Wildman–Crippen MR) is 120 cm³/mol. The van der Waals surface area contributed by atoms with Crippen LogP contribution in [0.4, 0.5) is 11.5 Å². The van der Waals surface area contributed by atoms with Gasteiger partial charge in [-0.05, 0) is 45.3 Å². The molecule has 0 bridgehead atoms. The van der Waals surface area contributed by atoms with Gasteiger partial charge in [0.15, 0.2) is 11.5 Å². The van der Waals surface area contributed by atoms with Gasteiger partial charge in [0.05, 0.1) is 23.8 Å². The standard InChI is InChI=1S/C22H25N7O2/c1-14(13-29(2)3)26-21(30)16-8-6-15(7-9-16)18-12-25-20(23)19(28-18)22(31)27-17-5-4-10-24-11-17/h4-12,14H,13H2,1-3H3,(H2,23,25)(H,26,30)(H,27,31). The first kappa shape index (κ1) is 21.8. The number of hydrogen-bond donors (Lipinski definition) is 3. The Labute approximate surface area is 180 Å². The Kier molecular flexibility index (Phi) is 6.88. The van der Waals surface area contributed by atoms with Gasteiger partial charge in [-0.1, -0.05) is 12.1 Å². The van der Waals surface area contributed by atoms with E-state index in [-0.39, 0.29) is 23.5 Å². The summed E-state index contributed by atoms with van der Waals surface area (Å²) in [4.78, 5) is 39.4. The lowest BCUT2D eigenvalue weighted by Gasteiger charge is -2.18. The monoisotopic (exact) mass is 419 g/mol. The Bertz CT molecular complexity index is 1050. The maximum atomic E-state index is 12.6. The molecule has 4 N–H and O–H groups in total. The van der Waals surface area contributed by atoms with E-state index in [0.29, 0.717) is 22.5 Å². The van der Waals surface area contributed by atoms with Crippen molar-refractivity contribution >= 4 is 23.3 Å². The Morgan fingerprint density at radius 3 is 2.48 bits per heavy atom. The number of carbonyl (C=O) groups excluding carboxylic acids is 2. The van der Waals surface area contributed by atoms with E-state index in [9.17, 15) is 9.59 Å². The number of nitrogen functional groups attached to an aromatic ring is 1. The van der Waals surface area contributed by atoms with E-state index < -0.39 is 5.91 Å². The van der Waals surface area contributed by atoms with Crippen LogP contribution in [0, 0.1) is 0 Å². The van der Waals surface area contributed by atoms with Crippen molar-refractivity contribution in [3.8, 4) is 11.3 Å². The zero-order valence-electron chi connectivity index (χ0n) is 17.7. The number of amides is 2. The number of likely N-dealkylation sites (N-methyl/N-ethyl adjacent to an activating group) is 1. The summed E-state index contributed by atoms with van der Waals surface area (Å²) in [6.45, 7) is 2.70. The number of benzene rings is 1. The summed E-state index contributed by atoms with van der Waals surface area (Å²) in [7, 11) is 3.91. The van der Waals surface area contributed by atoms with Gasteiger partial charge >= 0.3 is 0 Å². The van der Waals surface area contributed by atoms with Crippen molar-refractivity contribution < 1.29 is 9.59 Å². The molecule has 0 saturated carbocycles. The predicted octanol–water partition coefficient (Wildman–Crippen LogP) is 2.05. The Balaban J connectivity index is 1.75. The molecule has 0 aliphatic carbocycles. The SMILES string of the molecule is CC(CN(C)C)NC(=O)c1ccc(-c2cnc(N)c(C(=O)Nc3cccnc3)n2)cc1. The van der Waals surface area contributed by atoms with Gasteiger partial charge < -0.3 is 21.3 Å². The van der Waals surface area contributed by atoms with E-state index >= 15 is 0 Å². The highest BCUT2D eigenvalue weighted by molar-refractivity contribution is 6.05. The van der Waals surface area contributed by atoms with Crippen LogP contribution in [-0.2, 0) is 0 Å². The molecule has 2 amide bonds. The molecule has 1 unspecified atom stereocenters. The van der Waals surface area contributed by atoms with Crippen LogP contribution >= 0.6 is 0 Å². The minimum absolute atomic E-state index is 0.0145. The normalized spacial score (nSPS) is 11.7. The van der Waals surface area contributed by atoms with Crippen LogP contribution < -0.4 is 16.4 Å². The quantitative estimate of drug-likeness (QED) is 0.535. The van der Waals surface area contributed by atoms with E-state index in [1.165, 1.54) is 12.4 Å². The van der Waals surface area contributed by atoms with E-state index in [1.54, 1.807) is 42.6 Å². The number of hydrogen-bond acceptors (Lipinski definition) is 7. The van der Waals surface area contributed by atoms with Crippen molar-refractivity contribution in [2.75, 3.05) is 31.7 Å². The number of pyridine rings is 1. The third-order valence-corrected chi connectivity index (χ3v) is 4.39. The van der Waals surface area contributed by atoms with Gasteiger partial charge in [-0.15, -0.1) is 0 Å². The largest absolute Gasteiger partial charge is 0.382 e. The van der Waals surface area contributed by atoms with Gasteiger partial charge in [0.1, 0.15) is 0 Å². The average molecular weight is 419 g/mol. The van der Waals surface area contributed by atoms with E-state index in [2.05, 4.69) is 25.6 Å². The van der Waals surface area contributed by atoms with Gasteiger partial charge in [0.25, 0.3) is 11.8 Å². The number of aromatic nitrogens is 3. The maximum Gasteiger partial charge on any atom is 0.278 e. The molecule has 3 aromatic rings. The molecule has 0 spiro atoms. The molecule has 0 radical (unpaired) electrons. The molecule has 2 aromatic heterocycles. The first-order chi connectivity index (χ1) is 14.8. The van der Waals surface area contributed by atoms with Gasteiger partial charge in [-0.25, -0.2) is 9.97 Å². The summed E-state index contributed by atoms with van der Waals surface area (Å²) < 4.78 is 0. The van der Waals surface area contributed by atoms with Gasteiger partial charge in [0.2, 0.25) is 0 Å². The molecular weight excluding hydrogens is 394 g/mol. The minimum Gasteiger partial charge on any atom is -0.382 e. The lowest BCUT2D eigenvalue weighted by atomic mass is 10.1. The first-order valence-corrected chi connectivity index (χ1v) is 9.73. The highest BCUT2D eigenvalue weighted by atomic mass is 16.2. The molecule has 2 heterocycles. The van der Waals surface area contributed by atoms with E-state index in [4.69, 9.17) is 5.73 Å².